The molecule has 1 aromatic rings. The maximum atomic E-state index is 12.7. The van der Waals surface area contributed by atoms with Gasteiger partial charge in [-0.1, -0.05) is 12.1 Å². The van der Waals surface area contributed by atoms with Crippen LogP contribution >= 0.6 is 0 Å². The fourth-order valence-corrected chi connectivity index (χ4v) is 2.46. The second-order valence-electron chi connectivity index (χ2n) is 5.46. The van der Waals surface area contributed by atoms with Gasteiger partial charge in [0.15, 0.2) is 0 Å². The Bertz CT molecular complexity index is 652. The SMILES string of the molecule is CNC(=O)N1C2=NC(C)(C)N(C)C(=O)N2c2ccccc21. The van der Waals surface area contributed by atoms with Gasteiger partial charge in [0.1, 0.15) is 5.66 Å². The van der Waals surface area contributed by atoms with Gasteiger partial charge < -0.3 is 10.2 Å². The molecule has 0 saturated heterocycles. The summed E-state index contributed by atoms with van der Waals surface area (Å²) >= 11 is 0. The van der Waals surface area contributed by atoms with E-state index in [1.165, 1.54) is 9.80 Å². The molecule has 0 radical (unpaired) electrons. The lowest BCUT2D eigenvalue weighted by Gasteiger charge is -2.40. The van der Waals surface area contributed by atoms with Crippen LogP contribution < -0.4 is 15.1 Å². The predicted octanol–water partition coefficient (Wildman–Crippen LogP) is 1.81. The molecule has 2 heterocycles. The van der Waals surface area contributed by atoms with Crippen molar-refractivity contribution >= 4 is 29.4 Å². The summed E-state index contributed by atoms with van der Waals surface area (Å²) in [4.78, 5) is 33.9. The first-order chi connectivity index (χ1) is 9.88. The van der Waals surface area contributed by atoms with Crippen molar-refractivity contribution in [3.8, 4) is 0 Å². The number of urea groups is 2. The van der Waals surface area contributed by atoms with Crippen LogP contribution in [0, 0.1) is 0 Å². The summed E-state index contributed by atoms with van der Waals surface area (Å²) in [5.41, 5.74) is 0.597. The summed E-state index contributed by atoms with van der Waals surface area (Å²) < 4.78 is 0. The normalized spacial score (nSPS) is 19.1. The van der Waals surface area contributed by atoms with Crippen molar-refractivity contribution in [2.75, 3.05) is 23.9 Å². The van der Waals surface area contributed by atoms with Gasteiger partial charge in [0.25, 0.3) is 0 Å². The van der Waals surface area contributed by atoms with E-state index in [9.17, 15) is 9.59 Å². The van der Waals surface area contributed by atoms with Crippen LogP contribution in [-0.4, -0.2) is 42.7 Å². The number of hydrogen-bond acceptors (Lipinski definition) is 3. The van der Waals surface area contributed by atoms with Crippen molar-refractivity contribution in [3.63, 3.8) is 0 Å². The van der Waals surface area contributed by atoms with Gasteiger partial charge in [0.05, 0.1) is 11.4 Å². The van der Waals surface area contributed by atoms with Crippen LogP contribution in [0.15, 0.2) is 29.3 Å². The fourth-order valence-electron chi connectivity index (χ4n) is 2.46. The second kappa shape index (κ2) is 4.21. The lowest BCUT2D eigenvalue weighted by Crippen LogP contribution is -2.60. The van der Waals surface area contributed by atoms with Crippen molar-refractivity contribution in [2.24, 2.45) is 4.99 Å². The third-order valence-corrected chi connectivity index (χ3v) is 3.85. The van der Waals surface area contributed by atoms with Gasteiger partial charge in [-0.3, -0.25) is 0 Å². The smallest absolute Gasteiger partial charge is 0.333 e. The number of benzene rings is 1. The highest BCUT2D eigenvalue weighted by atomic mass is 16.2. The number of nitrogens with zero attached hydrogens (tertiary/aromatic N) is 4. The van der Waals surface area contributed by atoms with Gasteiger partial charge in [0, 0.05) is 14.1 Å². The first-order valence-electron chi connectivity index (χ1n) is 6.67. The standard InChI is InChI=1S/C14H17N5O2/c1-14(2)16-11-18(12(20)15-3)9-7-5-6-8-10(9)19(11)13(21)17(14)4/h5-8H,1-4H3,(H,15,20). The van der Waals surface area contributed by atoms with E-state index in [1.54, 1.807) is 31.1 Å². The van der Waals surface area contributed by atoms with Crippen LogP contribution in [0.1, 0.15) is 13.8 Å². The molecule has 7 heteroatoms. The minimum atomic E-state index is -0.711. The van der Waals surface area contributed by atoms with Crippen LogP contribution in [0.2, 0.25) is 0 Å². The molecule has 2 aliphatic rings. The van der Waals surface area contributed by atoms with E-state index in [4.69, 9.17) is 0 Å². The molecule has 0 saturated carbocycles. The Labute approximate surface area is 122 Å². The van der Waals surface area contributed by atoms with Gasteiger partial charge >= 0.3 is 12.1 Å². The number of guanidine groups is 1. The Hall–Kier alpha value is -2.57. The zero-order valence-electron chi connectivity index (χ0n) is 12.4. The molecule has 0 bridgehead atoms. The van der Waals surface area contributed by atoms with E-state index in [1.807, 2.05) is 26.0 Å². The third kappa shape index (κ3) is 1.70. The lowest BCUT2D eigenvalue weighted by molar-refractivity contribution is 0.164. The van der Waals surface area contributed by atoms with Crippen molar-refractivity contribution < 1.29 is 9.59 Å². The maximum absolute atomic E-state index is 12.7. The molecule has 0 atom stereocenters. The van der Waals surface area contributed by atoms with Crippen LogP contribution in [0.5, 0.6) is 0 Å². The van der Waals surface area contributed by atoms with Crippen molar-refractivity contribution in [1.82, 2.24) is 10.2 Å². The number of carbonyl (C=O) groups is 2. The number of carbonyl (C=O) groups excluding carboxylic acids is 2. The summed E-state index contributed by atoms with van der Waals surface area (Å²) in [5.74, 6) is 0.337. The van der Waals surface area contributed by atoms with Crippen molar-refractivity contribution in [1.29, 1.82) is 0 Å². The lowest BCUT2D eigenvalue weighted by atomic mass is 10.2. The van der Waals surface area contributed by atoms with Gasteiger partial charge in [0.2, 0.25) is 5.96 Å². The van der Waals surface area contributed by atoms with Crippen molar-refractivity contribution in [2.45, 2.75) is 19.5 Å². The number of para-hydroxylation sites is 2. The molecule has 1 aromatic carbocycles. The quantitative estimate of drug-likeness (QED) is 0.790. The minimum Gasteiger partial charge on any atom is -0.340 e. The molecule has 0 aliphatic carbocycles. The summed E-state index contributed by atoms with van der Waals surface area (Å²) in [6.45, 7) is 3.67. The highest BCUT2D eigenvalue weighted by Gasteiger charge is 2.47. The van der Waals surface area contributed by atoms with Gasteiger partial charge in [-0.05, 0) is 26.0 Å². The molecule has 110 valence electrons. The Morgan fingerprint density at radius 1 is 1.24 bits per heavy atom. The average Bonchev–Trinajstić information content (AvgIpc) is 2.77. The summed E-state index contributed by atoms with van der Waals surface area (Å²) in [5, 5.41) is 2.59. The molecular formula is C14H17N5O2. The molecular weight excluding hydrogens is 270 g/mol. The number of nitrogens with one attached hydrogen (secondary N) is 1. The molecule has 4 amide bonds. The van der Waals surface area contributed by atoms with E-state index >= 15 is 0 Å². The van der Waals surface area contributed by atoms with Crippen LogP contribution in [-0.2, 0) is 0 Å². The molecule has 7 nitrogen and oxygen atoms in total. The van der Waals surface area contributed by atoms with E-state index < -0.39 is 5.66 Å². The van der Waals surface area contributed by atoms with Crippen LogP contribution in [0.3, 0.4) is 0 Å². The number of hydrogen-bond donors (Lipinski definition) is 1. The molecule has 1 N–H and O–H groups in total. The Balaban J connectivity index is 2.24. The average molecular weight is 287 g/mol. The highest BCUT2D eigenvalue weighted by Crippen LogP contribution is 2.41. The molecule has 0 spiro atoms. The molecule has 0 aromatic heterocycles. The Morgan fingerprint density at radius 3 is 2.48 bits per heavy atom. The number of amides is 4. The van der Waals surface area contributed by atoms with E-state index in [-0.39, 0.29) is 12.1 Å². The Morgan fingerprint density at radius 2 is 1.86 bits per heavy atom. The van der Waals surface area contributed by atoms with Gasteiger partial charge in [-0.15, -0.1) is 0 Å². The topological polar surface area (TPSA) is 68.2 Å². The first-order valence-corrected chi connectivity index (χ1v) is 6.67. The molecule has 3 rings (SSSR count). The number of fused-ring (bicyclic) bond motifs is 3. The minimum absolute atomic E-state index is 0.205. The van der Waals surface area contributed by atoms with Gasteiger partial charge in [-0.2, -0.15) is 0 Å². The Kier molecular flexibility index (Phi) is 2.69. The van der Waals surface area contributed by atoms with Crippen LogP contribution in [0.25, 0.3) is 0 Å². The number of rotatable bonds is 0. The van der Waals surface area contributed by atoms with Gasteiger partial charge in [-0.25, -0.2) is 24.4 Å². The summed E-state index contributed by atoms with van der Waals surface area (Å²) in [7, 11) is 3.25. The predicted molar refractivity (Wildman–Crippen MR) is 80.5 cm³/mol. The van der Waals surface area contributed by atoms with E-state index in [0.29, 0.717) is 17.3 Å². The number of anilines is 2. The second-order valence-corrected chi connectivity index (χ2v) is 5.46. The van der Waals surface area contributed by atoms with E-state index in [2.05, 4.69) is 10.3 Å². The summed E-state index contributed by atoms with van der Waals surface area (Å²) in [6.07, 6.45) is 0. The highest BCUT2D eigenvalue weighted by molar-refractivity contribution is 6.35. The maximum Gasteiger partial charge on any atom is 0.333 e. The van der Waals surface area contributed by atoms with Crippen molar-refractivity contribution in [3.05, 3.63) is 24.3 Å². The molecule has 0 unspecified atom stereocenters. The van der Waals surface area contributed by atoms with Crippen LogP contribution in [0.4, 0.5) is 21.0 Å². The van der Waals surface area contributed by atoms with E-state index in [0.717, 1.165) is 0 Å². The summed E-state index contributed by atoms with van der Waals surface area (Å²) in [6, 6.07) is 6.73. The zero-order chi connectivity index (χ0) is 15.4. The fraction of sp³-hybridized carbons (Fsp3) is 0.357. The molecule has 0 fully saturated rings. The third-order valence-electron chi connectivity index (χ3n) is 3.85. The monoisotopic (exact) mass is 287 g/mol. The largest absolute Gasteiger partial charge is 0.340 e. The molecule has 21 heavy (non-hydrogen) atoms. The zero-order valence-corrected chi connectivity index (χ0v) is 12.4. The molecule has 2 aliphatic heterocycles. The number of aliphatic imine (C=N–C) groups is 1. The first kappa shape index (κ1) is 13.4.